The van der Waals surface area contributed by atoms with Gasteiger partial charge in [-0.15, -0.1) is 0 Å². The molecule has 1 aliphatic heterocycles. The summed E-state index contributed by atoms with van der Waals surface area (Å²) >= 11 is 0. The largest absolute Gasteiger partial charge is 0.481 e. The van der Waals surface area contributed by atoms with Crippen LogP contribution in [0.15, 0.2) is 48.7 Å². The number of hydrogen-bond acceptors (Lipinski definition) is 5. The van der Waals surface area contributed by atoms with E-state index in [-0.39, 0.29) is 11.8 Å². The van der Waals surface area contributed by atoms with Crippen molar-refractivity contribution in [2.24, 2.45) is 0 Å². The van der Waals surface area contributed by atoms with Gasteiger partial charge in [0.2, 0.25) is 5.91 Å². The third-order valence-electron chi connectivity index (χ3n) is 6.22. The lowest BCUT2D eigenvalue weighted by Gasteiger charge is -2.23. The summed E-state index contributed by atoms with van der Waals surface area (Å²) in [5.74, 6) is 0.962. The Balaban J connectivity index is 1.49. The van der Waals surface area contributed by atoms with Crippen molar-refractivity contribution >= 4 is 39.8 Å². The smallest absolute Gasteiger partial charge is 0.265 e. The number of carbonyl (C=O) groups excluding carboxylic acids is 2. The van der Waals surface area contributed by atoms with E-state index >= 15 is 0 Å². The predicted octanol–water partition coefficient (Wildman–Crippen LogP) is 5.22. The maximum Gasteiger partial charge on any atom is 0.265 e. The number of aryl methyl sites for hydroxylation is 1. The van der Waals surface area contributed by atoms with Gasteiger partial charge in [0.1, 0.15) is 11.6 Å². The van der Waals surface area contributed by atoms with Crippen molar-refractivity contribution in [2.75, 3.05) is 22.5 Å². The zero-order chi connectivity index (χ0) is 24.1. The Hall–Kier alpha value is -3.61. The van der Waals surface area contributed by atoms with Crippen LogP contribution < -0.4 is 20.7 Å². The zero-order valence-corrected chi connectivity index (χ0v) is 19.8. The van der Waals surface area contributed by atoms with E-state index in [1.54, 1.807) is 6.20 Å². The van der Waals surface area contributed by atoms with Gasteiger partial charge in [-0.3, -0.25) is 9.59 Å². The number of nitrogens with zero attached hydrogens (tertiary/aromatic N) is 2. The zero-order valence-electron chi connectivity index (χ0n) is 19.8. The minimum Gasteiger partial charge on any atom is -0.481 e. The summed E-state index contributed by atoms with van der Waals surface area (Å²) in [6, 6.07) is 13.1. The second-order valence-corrected chi connectivity index (χ2v) is 8.82. The predicted molar refractivity (Wildman–Crippen MR) is 136 cm³/mol. The van der Waals surface area contributed by atoms with E-state index in [2.05, 4.69) is 10.3 Å². The summed E-state index contributed by atoms with van der Waals surface area (Å²) in [6.07, 6.45) is 6.02. The number of fused-ring (bicyclic) bond motifs is 1. The van der Waals surface area contributed by atoms with Crippen LogP contribution >= 0.6 is 0 Å². The van der Waals surface area contributed by atoms with Gasteiger partial charge < -0.3 is 20.7 Å². The van der Waals surface area contributed by atoms with Crippen molar-refractivity contribution in [3.8, 4) is 5.75 Å². The first-order valence-electron chi connectivity index (χ1n) is 12.0. The second kappa shape index (κ2) is 10.5. The molecule has 3 N–H and O–H groups in total. The Labute approximate surface area is 200 Å². The average Bonchev–Trinajstić information content (AvgIpc) is 3.03. The molecule has 7 nitrogen and oxygen atoms in total. The first kappa shape index (κ1) is 23.5. The van der Waals surface area contributed by atoms with E-state index in [4.69, 9.17) is 10.5 Å². The number of benzene rings is 2. The molecule has 0 radical (unpaired) electrons. The van der Waals surface area contributed by atoms with Crippen molar-refractivity contribution in [1.82, 2.24) is 4.98 Å². The normalized spacial score (nSPS) is 15.1. The third kappa shape index (κ3) is 5.30. The highest BCUT2D eigenvalue weighted by atomic mass is 16.5. The number of amides is 2. The van der Waals surface area contributed by atoms with E-state index < -0.39 is 6.10 Å². The number of nitrogen functional groups attached to an aromatic ring is 1. The number of anilines is 3. The molecule has 0 saturated carbocycles. The fraction of sp³-hybridized carbons (Fsp3) is 0.370. The first-order valence-corrected chi connectivity index (χ1v) is 12.0. The molecule has 1 aromatic heterocycles. The van der Waals surface area contributed by atoms with Crippen LogP contribution in [-0.4, -0.2) is 29.4 Å². The summed E-state index contributed by atoms with van der Waals surface area (Å²) in [5.41, 5.74) is 8.56. The molecule has 0 bridgehead atoms. The van der Waals surface area contributed by atoms with E-state index in [0.29, 0.717) is 30.1 Å². The van der Waals surface area contributed by atoms with Crippen molar-refractivity contribution < 1.29 is 14.3 Å². The lowest BCUT2D eigenvalue weighted by Crippen LogP contribution is -2.33. The van der Waals surface area contributed by atoms with Gasteiger partial charge in [-0.1, -0.05) is 25.8 Å². The Morgan fingerprint density at radius 3 is 2.82 bits per heavy atom. The molecule has 0 spiro atoms. The number of rotatable bonds is 7. The molecule has 2 aromatic carbocycles. The van der Waals surface area contributed by atoms with Crippen molar-refractivity contribution in [3.05, 3.63) is 54.2 Å². The molecule has 1 aliphatic rings. The molecule has 1 unspecified atom stereocenters. The quantitative estimate of drug-likeness (QED) is 0.504. The Morgan fingerprint density at radius 1 is 1.18 bits per heavy atom. The highest BCUT2D eigenvalue weighted by Gasteiger charge is 2.22. The molecule has 34 heavy (non-hydrogen) atoms. The van der Waals surface area contributed by atoms with Crippen molar-refractivity contribution in [1.29, 1.82) is 0 Å². The van der Waals surface area contributed by atoms with E-state index in [1.165, 1.54) is 0 Å². The monoisotopic (exact) mass is 460 g/mol. The molecule has 2 heterocycles. The SMILES string of the molecule is CCCC(Oc1ccc2ccnc(N)c2c1)C(=O)Nc1ccc(N2CCCCCC2=O)c(C)c1. The van der Waals surface area contributed by atoms with Gasteiger partial charge in [0.15, 0.2) is 6.10 Å². The number of carbonyl (C=O) groups is 2. The second-order valence-electron chi connectivity index (χ2n) is 8.82. The summed E-state index contributed by atoms with van der Waals surface area (Å²) in [6.45, 7) is 4.73. The van der Waals surface area contributed by atoms with Crippen molar-refractivity contribution in [3.63, 3.8) is 0 Å². The Bertz CT molecular complexity index is 1190. The summed E-state index contributed by atoms with van der Waals surface area (Å²) in [5, 5.41) is 4.75. The highest BCUT2D eigenvalue weighted by Crippen LogP contribution is 2.28. The average molecular weight is 461 g/mol. The lowest BCUT2D eigenvalue weighted by molar-refractivity contribution is -0.123. The highest BCUT2D eigenvalue weighted by molar-refractivity contribution is 5.97. The molecule has 1 saturated heterocycles. The molecule has 4 rings (SSSR count). The van der Waals surface area contributed by atoms with Crippen LogP contribution in [0.4, 0.5) is 17.2 Å². The van der Waals surface area contributed by atoms with Crippen LogP contribution in [0.25, 0.3) is 10.8 Å². The minimum atomic E-state index is -0.646. The van der Waals surface area contributed by atoms with Crippen LogP contribution in [0.5, 0.6) is 5.75 Å². The standard InChI is InChI=1S/C27H32N4O3/c1-3-7-24(34-21-11-9-19-13-14-29-26(28)22(19)17-21)27(33)30-20-10-12-23(18(2)16-20)31-15-6-4-5-8-25(31)32/h9-14,16-17,24H,3-8,15H2,1-2H3,(H2,28,29)(H,30,33). The molecule has 1 fully saturated rings. The van der Waals surface area contributed by atoms with Gasteiger partial charge in [0, 0.05) is 35.9 Å². The van der Waals surface area contributed by atoms with Crippen LogP contribution in [0, 0.1) is 6.92 Å². The third-order valence-corrected chi connectivity index (χ3v) is 6.22. The van der Waals surface area contributed by atoms with Gasteiger partial charge in [-0.2, -0.15) is 0 Å². The first-order chi connectivity index (χ1) is 16.5. The van der Waals surface area contributed by atoms with Gasteiger partial charge in [-0.05, 0) is 73.5 Å². The number of aromatic nitrogens is 1. The lowest BCUT2D eigenvalue weighted by atomic mass is 10.1. The van der Waals surface area contributed by atoms with Crippen molar-refractivity contribution in [2.45, 2.75) is 58.5 Å². The van der Waals surface area contributed by atoms with E-state index in [1.807, 2.05) is 61.2 Å². The maximum atomic E-state index is 13.1. The number of hydrogen-bond donors (Lipinski definition) is 2. The molecule has 178 valence electrons. The summed E-state index contributed by atoms with van der Waals surface area (Å²) in [7, 11) is 0. The van der Waals surface area contributed by atoms with Crippen LogP contribution in [0.2, 0.25) is 0 Å². The van der Waals surface area contributed by atoms with Gasteiger partial charge in [0.25, 0.3) is 5.91 Å². The van der Waals surface area contributed by atoms with Gasteiger partial charge in [0.05, 0.1) is 0 Å². The molecule has 1 atom stereocenters. The fourth-order valence-electron chi connectivity index (χ4n) is 4.41. The van der Waals surface area contributed by atoms with E-state index in [0.717, 1.165) is 54.3 Å². The molecule has 2 amide bonds. The topological polar surface area (TPSA) is 97.6 Å². The number of ether oxygens (including phenoxy) is 1. The number of pyridine rings is 1. The Kier molecular flexibility index (Phi) is 7.30. The van der Waals surface area contributed by atoms with Crippen LogP contribution in [0.1, 0.15) is 51.0 Å². The fourth-order valence-corrected chi connectivity index (χ4v) is 4.41. The number of nitrogens with one attached hydrogen (secondary N) is 1. The minimum absolute atomic E-state index is 0.167. The Morgan fingerprint density at radius 2 is 2.03 bits per heavy atom. The number of nitrogens with two attached hydrogens (primary N) is 1. The molecular formula is C27H32N4O3. The van der Waals surface area contributed by atoms with Gasteiger partial charge in [-0.25, -0.2) is 4.98 Å². The van der Waals surface area contributed by atoms with Crippen LogP contribution in [0.3, 0.4) is 0 Å². The maximum absolute atomic E-state index is 13.1. The molecular weight excluding hydrogens is 428 g/mol. The molecule has 7 heteroatoms. The molecule has 0 aliphatic carbocycles. The summed E-state index contributed by atoms with van der Waals surface area (Å²) in [4.78, 5) is 31.6. The molecule has 3 aromatic rings. The van der Waals surface area contributed by atoms with Gasteiger partial charge >= 0.3 is 0 Å². The summed E-state index contributed by atoms with van der Waals surface area (Å²) < 4.78 is 6.08. The van der Waals surface area contributed by atoms with E-state index in [9.17, 15) is 9.59 Å². The van der Waals surface area contributed by atoms with Crippen LogP contribution in [-0.2, 0) is 9.59 Å².